The third-order valence-electron chi connectivity index (χ3n) is 5.37. The van der Waals surface area contributed by atoms with Gasteiger partial charge >= 0.3 is 6.18 Å². The Bertz CT molecular complexity index is 1160. The number of anilines is 1. The Morgan fingerprint density at radius 1 is 0.938 bits per heavy atom. The smallest absolute Gasteiger partial charge is 0.323 e. The third-order valence-corrected chi connectivity index (χ3v) is 5.63. The number of rotatable bonds is 3. The quantitative estimate of drug-likeness (QED) is 0.544. The molecule has 1 aliphatic rings. The number of alkyl halides is 3. The van der Waals surface area contributed by atoms with Gasteiger partial charge in [0.1, 0.15) is 6.04 Å². The van der Waals surface area contributed by atoms with Crippen molar-refractivity contribution in [2.45, 2.75) is 18.6 Å². The Hall–Kier alpha value is -3.32. The first-order chi connectivity index (χ1) is 15.3. The van der Waals surface area contributed by atoms with Crippen LogP contribution in [0.4, 0.5) is 18.9 Å². The van der Waals surface area contributed by atoms with Crippen LogP contribution >= 0.6 is 11.6 Å². The van der Waals surface area contributed by atoms with Crippen molar-refractivity contribution in [2.75, 3.05) is 11.9 Å². The van der Waals surface area contributed by atoms with Crippen LogP contribution in [0.15, 0.2) is 72.8 Å². The summed E-state index contributed by atoms with van der Waals surface area (Å²) in [7, 11) is 0. The number of nitrogens with zero attached hydrogens (tertiary/aromatic N) is 1. The van der Waals surface area contributed by atoms with E-state index in [1.807, 2.05) is 12.1 Å². The minimum atomic E-state index is -4.63. The van der Waals surface area contributed by atoms with Crippen molar-refractivity contribution in [2.24, 2.45) is 0 Å². The summed E-state index contributed by atoms with van der Waals surface area (Å²) in [6.45, 7) is 0.247. The summed E-state index contributed by atoms with van der Waals surface area (Å²) in [5.41, 5.74) is 0.488. The van der Waals surface area contributed by atoms with E-state index >= 15 is 0 Å². The van der Waals surface area contributed by atoms with Crippen LogP contribution in [0.3, 0.4) is 0 Å². The lowest BCUT2D eigenvalue weighted by atomic mass is 9.91. The zero-order valence-corrected chi connectivity index (χ0v) is 17.5. The second-order valence-corrected chi connectivity index (χ2v) is 7.83. The maximum absolute atomic E-state index is 13.4. The van der Waals surface area contributed by atoms with E-state index in [1.54, 1.807) is 36.4 Å². The van der Waals surface area contributed by atoms with E-state index in [0.717, 1.165) is 11.6 Å². The van der Waals surface area contributed by atoms with Crippen molar-refractivity contribution in [1.29, 1.82) is 0 Å². The molecule has 4 rings (SSSR count). The van der Waals surface area contributed by atoms with Gasteiger partial charge in [-0.25, -0.2) is 0 Å². The molecule has 1 unspecified atom stereocenters. The molecule has 164 valence electrons. The molecule has 1 atom stereocenters. The maximum atomic E-state index is 13.4. The monoisotopic (exact) mass is 458 g/mol. The van der Waals surface area contributed by atoms with E-state index in [4.69, 9.17) is 11.6 Å². The molecule has 0 saturated heterocycles. The minimum absolute atomic E-state index is 0.247. The molecule has 0 spiro atoms. The van der Waals surface area contributed by atoms with Gasteiger partial charge in [0.2, 0.25) is 0 Å². The Morgan fingerprint density at radius 3 is 2.31 bits per heavy atom. The maximum Gasteiger partial charge on any atom is 0.418 e. The molecule has 32 heavy (non-hydrogen) atoms. The van der Waals surface area contributed by atoms with Gasteiger partial charge in [-0.3, -0.25) is 9.59 Å². The highest BCUT2D eigenvalue weighted by Gasteiger charge is 2.38. The molecule has 4 nitrogen and oxygen atoms in total. The van der Waals surface area contributed by atoms with Gasteiger partial charge in [-0.2, -0.15) is 13.2 Å². The van der Waals surface area contributed by atoms with Crippen LogP contribution in [0.2, 0.25) is 5.02 Å². The van der Waals surface area contributed by atoms with Crippen LogP contribution in [0.1, 0.15) is 33.1 Å². The lowest BCUT2D eigenvalue weighted by molar-refractivity contribution is -0.137. The van der Waals surface area contributed by atoms with Crippen LogP contribution in [0, 0.1) is 0 Å². The fourth-order valence-corrected chi connectivity index (χ4v) is 3.99. The molecule has 3 aromatic rings. The molecule has 0 saturated carbocycles. The summed E-state index contributed by atoms with van der Waals surface area (Å²) in [4.78, 5) is 27.9. The highest BCUT2D eigenvalue weighted by atomic mass is 35.5. The fourth-order valence-electron chi connectivity index (χ4n) is 3.87. The standard InChI is InChI=1S/C24H18ClF3N2O2/c25-17-11-9-16(10-12-17)23(32)30-14-13-15-5-1-2-6-18(15)21(30)22(31)29-20-8-4-3-7-19(20)24(26,27)28/h1-12,21H,13-14H2,(H,29,31). The van der Waals surface area contributed by atoms with Crippen molar-refractivity contribution in [3.05, 3.63) is 100 Å². The molecule has 1 heterocycles. The third kappa shape index (κ3) is 4.34. The molecule has 0 aliphatic carbocycles. The van der Waals surface area contributed by atoms with Gasteiger partial charge in [0, 0.05) is 17.1 Å². The molecule has 0 fully saturated rings. The summed E-state index contributed by atoms with van der Waals surface area (Å²) in [6, 6.07) is 17.1. The van der Waals surface area contributed by atoms with Gasteiger partial charge in [0.05, 0.1) is 11.3 Å². The molecular formula is C24H18ClF3N2O2. The number of benzene rings is 3. The van der Waals surface area contributed by atoms with Crippen LogP contribution in [-0.2, 0) is 17.4 Å². The Labute approximate surface area is 187 Å². The van der Waals surface area contributed by atoms with Crippen LogP contribution in [-0.4, -0.2) is 23.3 Å². The number of amides is 2. The summed E-state index contributed by atoms with van der Waals surface area (Å²) in [5.74, 6) is -1.11. The van der Waals surface area contributed by atoms with Gasteiger partial charge < -0.3 is 10.2 Å². The Balaban J connectivity index is 1.72. The molecule has 8 heteroatoms. The van der Waals surface area contributed by atoms with Gasteiger partial charge in [0.25, 0.3) is 11.8 Å². The average Bonchev–Trinajstić information content (AvgIpc) is 2.78. The number of hydrogen-bond donors (Lipinski definition) is 1. The van der Waals surface area contributed by atoms with Crippen molar-refractivity contribution in [3.63, 3.8) is 0 Å². The zero-order chi connectivity index (χ0) is 22.9. The number of hydrogen-bond acceptors (Lipinski definition) is 2. The van der Waals surface area contributed by atoms with E-state index in [-0.39, 0.29) is 12.2 Å². The van der Waals surface area contributed by atoms with Crippen LogP contribution in [0.5, 0.6) is 0 Å². The molecule has 2 amide bonds. The number of para-hydroxylation sites is 1. The van der Waals surface area contributed by atoms with E-state index in [2.05, 4.69) is 5.32 Å². The second-order valence-electron chi connectivity index (χ2n) is 7.39. The first-order valence-corrected chi connectivity index (χ1v) is 10.2. The lowest BCUT2D eigenvalue weighted by Gasteiger charge is -2.36. The first-order valence-electron chi connectivity index (χ1n) is 9.87. The van der Waals surface area contributed by atoms with Gasteiger partial charge in [0.15, 0.2) is 0 Å². The largest absolute Gasteiger partial charge is 0.418 e. The molecule has 3 aromatic carbocycles. The van der Waals surface area contributed by atoms with Crippen molar-refractivity contribution < 1.29 is 22.8 Å². The minimum Gasteiger partial charge on any atom is -0.323 e. The van der Waals surface area contributed by atoms with Crippen molar-refractivity contribution in [3.8, 4) is 0 Å². The fraction of sp³-hybridized carbons (Fsp3) is 0.167. The first kappa shape index (κ1) is 21.9. The predicted molar refractivity (Wildman–Crippen MR) is 115 cm³/mol. The topological polar surface area (TPSA) is 49.4 Å². The highest BCUT2D eigenvalue weighted by molar-refractivity contribution is 6.30. The Morgan fingerprint density at radius 2 is 1.59 bits per heavy atom. The summed E-state index contributed by atoms with van der Waals surface area (Å²) in [5, 5.41) is 2.86. The predicted octanol–water partition coefficient (Wildman–Crippen LogP) is 5.74. The lowest BCUT2D eigenvalue weighted by Crippen LogP contribution is -2.45. The molecule has 0 radical (unpaired) electrons. The van der Waals surface area contributed by atoms with E-state index < -0.39 is 29.6 Å². The number of nitrogens with one attached hydrogen (secondary N) is 1. The van der Waals surface area contributed by atoms with Crippen molar-refractivity contribution in [1.82, 2.24) is 4.90 Å². The summed E-state index contributed by atoms with van der Waals surface area (Å²) >= 11 is 5.91. The number of carbonyl (C=O) groups is 2. The molecule has 0 bridgehead atoms. The normalized spacial score (nSPS) is 15.8. The van der Waals surface area contributed by atoms with Gasteiger partial charge in [-0.05, 0) is 53.9 Å². The molecule has 0 aromatic heterocycles. The zero-order valence-electron chi connectivity index (χ0n) is 16.7. The number of fused-ring (bicyclic) bond motifs is 1. The van der Waals surface area contributed by atoms with E-state index in [9.17, 15) is 22.8 Å². The Kier molecular flexibility index (Phi) is 5.93. The van der Waals surface area contributed by atoms with Gasteiger partial charge in [-0.15, -0.1) is 0 Å². The average molecular weight is 459 g/mol. The van der Waals surface area contributed by atoms with Crippen molar-refractivity contribution >= 4 is 29.1 Å². The number of carbonyl (C=O) groups excluding carboxylic acids is 2. The molecular weight excluding hydrogens is 441 g/mol. The SMILES string of the molecule is O=C(Nc1ccccc1C(F)(F)F)C1c2ccccc2CCN1C(=O)c1ccc(Cl)cc1. The molecule has 1 N–H and O–H groups in total. The van der Waals surface area contributed by atoms with Crippen LogP contribution < -0.4 is 5.32 Å². The van der Waals surface area contributed by atoms with Crippen LogP contribution in [0.25, 0.3) is 0 Å². The summed E-state index contributed by atoms with van der Waals surface area (Å²) in [6.07, 6.45) is -4.11. The highest BCUT2D eigenvalue weighted by Crippen LogP contribution is 2.36. The van der Waals surface area contributed by atoms with E-state index in [0.29, 0.717) is 22.6 Å². The van der Waals surface area contributed by atoms with E-state index in [1.165, 1.54) is 23.1 Å². The number of halogens is 4. The summed E-state index contributed by atoms with van der Waals surface area (Å²) < 4.78 is 40.2. The second kappa shape index (κ2) is 8.67. The molecule has 1 aliphatic heterocycles. The van der Waals surface area contributed by atoms with Gasteiger partial charge in [-0.1, -0.05) is 48.0 Å².